The number of nitrogens with one attached hydrogen (secondary N) is 2. The van der Waals surface area contributed by atoms with E-state index < -0.39 is 12.0 Å². The van der Waals surface area contributed by atoms with Gasteiger partial charge in [-0.2, -0.15) is 5.10 Å². The quantitative estimate of drug-likeness (QED) is 0.785. The SMILES string of the molecule is CNC(C(=O)Nc1ccc(C(=O)OC)c(Cl)c1)c1cnn(C)c1.Cl. The Morgan fingerprint density at radius 2 is 2.08 bits per heavy atom. The molecule has 0 bridgehead atoms. The van der Waals surface area contributed by atoms with Crippen LogP contribution in [0, 0.1) is 0 Å². The van der Waals surface area contributed by atoms with E-state index in [1.54, 1.807) is 37.2 Å². The van der Waals surface area contributed by atoms with Gasteiger partial charge < -0.3 is 15.4 Å². The Balaban J connectivity index is 0.00000288. The standard InChI is InChI=1S/C15H17ClN4O3.ClH/c1-17-13(9-7-18-20(2)8-9)14(21)19-10-4-5-11(12(16)6-10)15(22)23-3;/h4-8,13,17H,1-3H3,(H,19,21);1H. The van der Waals surface area contributed by atoms with Crippen molar-refractivity contribution in [3.05, 3.63) is 46.7 Å². The number of anilines is 1. The van der Waals surface area contributed by atoms with Gasteiger partial charge in [0.1, 0.15) is 6.04 Å². The van der Waals surface area contributed by atoms with Crippen molar-refractivity contribution in [2.45, 2.75) is 6.04 Å². The zero-order chi connectivity index (χ0) is 17.0. The number of esters is 1. The number of aryl methyl sites for hydroxylation is 1. The number of amides is 1. The first-order valence-corrected chi connectivity index (χ1v) is 7.18. The number of methoxy groups -OCH3 is 1. The lowest BCUT2D eigenvalue weighted by Gasteiger charge is -2.15. The molecule has 1 amide bonds. The summed E-state index contributed by atoms with van der Waals surface area (Å²) in [5.74, 6) is -0.793. The molecular formula is C15H18Cl2N4O3. The zero-order valence-corrected chi connectivity index (χ0v) is 14.9. The molecule has 0 aliphatic heterocycles. The van der Waals surface area contributed by atoms with Crippen LogP contribution in [0.3, 0.4) is 0 Å². The van der Waals surface area contributed by atoms with Crippen molar-refractivity contribution in [3.8, 4) is 0 Å². The molecule has 9 heteroatoms. The molecule has 2 N–H and O–H groups in total. The highest BCUT2D eigenvalue weighted by atomic mass is 35.5. The fraction of sp³-hybridized carbons (Fsp3) is 0.267. The predicted octanol–water partition coefficient (Wildman–Crippen LogP) is 2.18. The largest absolute Gasteiger partial charge is 0.465 e. The van der Waals surface area contributed by atoms with E-state index in [4.69, 9.17) is 11.6 Å². The summed E-state index contributed by atoms with van der Waals surface area (Å²) in [6, 6.07) is 4.04. The second-order valence-electron chi connectivity index (χ2n) is 4.84. The molecular weight excluding hydrogens is 355 g/mol. The minimum Gasteiger partial charge on any atom is -0.465 e. The Kier molecular flexibility index (Phi) is 7.21. The third kappa shape index (κ3) is 4.47. The van der Waals surface area contributed by atoms with Crippen molar-refractivity contribution in [1.29, 1.82) is 0 Å². The van der Waals surface area contributed by atoms with Gasteiger partial charge in [-0.3, -0.25) is 9.48 Å². The fourth-order valence-electron chi connectivity index (χ4n) is 2.12. The summed E-state index contributed by atoms with van der Waals surface area (Å²) < 4.78 is 6.24. The highest BCUT2D eigenvalue weighted by molar-refractivity contribution is 6.34. The predicted molar refractivity (Wildman–Crippen MR) is 93.7 cm³/mol. The minimum atomic E-state index is -0.553. The first kappa shape index (κ1) is 20.0. The molecule has 1 heterocycles. The molecule has 2 aromatic rings. The number of carbonyl (C=O) groups is 2. The van der Waals surface area contributed by atoms with Crippen molar-refractivity contribution in [3.63, 3.8) is 0 Å². The smallest absolute Gasteiger partial charge is 0.339 e. The number of carbonyl (C=O) groups excluding carboxylic acids is 2. The van der Waals surface area contributed by atoms with Gasteiger partial charge in [-0.25, -0.2) is 4.79 Å². The second kappa shape index (κ2) is 8.68. The van der Waals surface area contributed by atoms with Gasteiger partial charge in [-0.15, -0.1) is 12.4 Å². The highest BCUT2D eigenvalue weighted by Gasteiger charge is 2.21. The molecule has 1 aromatic heterocycles. The van der Waals surface area contributed by atoms with Crippen LogP contribution in [-0.4, -0.2) is 35.8 Å². The molecule has 130 valence electrons. The first-order chi connectivity index (χ1) is 11.0. The van der Waals surface area contributed by atoms with E-state index >= 15 is 0 Å². The van der Waals surface area contributed by atoms with Gasteiger partial charge in [-0.05, 0) is 25.2 Å². The lowest BCUT2D eigenvalue weighted by atomic mass is 10.1. The summed E-state index contributed by atoms with van der Waals surface area (Å²) in [4.78, 5) is 23.9. The monoisotopic (exact) mass is 372 g/mol. The molecule has 0 aliphatic carbocycles. The molecule has 0 fully saturated rings. The molecule has 7 nitrogen and oxygen atoms in total. The van der Waals surface area contributed by atoms with Crippen LogP contribution >= 0.6 is 24.0 Å². The van der Waals surface area contributed by atoms with Crippen LogP contribution in [0.2, 0.25) is 5.02 Å². The number of ether oxygens (including phenoxy) is 1. The molecule has 0 saturated carbocycles. The third-order valence-corrected chi connectivity index (χ3v) is 3.56. The lowest BCUT2D eigenvalue weighted by Crippen LogP contribution is -2.30. The second-order valence-corrected chi connectivity index (χ2v) is 5.25. The van der Waals surface area contributed by atoms with Crippen LogP contribution in [-0.2, 0) is 16.6 Å². The van der Waals surface area contributed by atoms with Gasteiger partial charge in [-0.1, -0.05) is 11.6 Å². The Bertz CT molecular complexity index is 733. The van der Waals surface area contributed by atoms with Crippen molar-refractivity contribution in [2.24, 2.45) is 7.05 Å². The van der Waals surface area contributed by atoms with Crippen LogP contribution in [0.4, 0.5) is 5.69 Å². The zero-order valence-electron chi connectivity index (χ0n) is 13.4. The molecule has 24 heavy (non-hydrogen) atoms. The lowest BCUT2D eigenvalue weighted by molar-refractivity contribution is -0.118. The van der Waals surface area contributed by atoms with E-state index in [1.165, 1.54) is 19.2 Å². The summed E-state index contributed by atoms with van der Waals surface area (Å²) in [7, 11) is 4.74. The average molecular weight is 373 g/mol. The van der Waals surface area contributed by atoms with E-state index in [-0.39, 0.29) is 28.9 Å². The fourth-order valence-corrected chi connectivity index (χ4v) is 2.38. The van der Waals surface area contributed by atoms with Gasteiger partial charge in [0, 0.05) is 24.5 Å². The normalized spacial score (nSPS) is 11.3. The van der Waals surface area contributed by atoms with Crippen molar-refractivity contribution < 1.29 is 14.3 Å². The number of nitrogens with zero attached hydrogens (tertiary/aromatic N) is 2. The molecule has 1 unspecified atom stereocenters. The minimum absolute atomic E-state index is 0. The van der Waals surface area contributed by atoms with Crippen molar-refractivity contribution in [1.82, 2.24) is 15.1 Å². The topological polar surface area (TPSA) is 85.2 Å². The van der Waals surface area contributed by atoms with E-state index in [0.717, 1.165) is 5.56 Å². The maximum absolute atomic E-state index is 12.4. The van der Waals surface area contributed by atoms with Gasteiger partial charge in [0.15, 0.2) is 0 Å². The summed E-state index contributed by atoms with van der Waals surface area (Å²) >= 11 is 6.04. The molecule has 0 saturated heterocycles. The Morgan fingerprint density at radius 1 is 1.38 bits per heavy atom. The first-order valence-electron chi connectivity index (χ1n) is 6.80. The summed E-state index contributed by atoms with van der Waals surface area (Å²) in [6.45, 7) is 0. The number of hydrogen-bond acceptors (Lipinski definition) is 5. The molecule has 0 spiro atoms. The number of rotatable bonds is 5. The summed E-state index contributed by atoms with van der Waals surface area (Å²) in [5.41, 5.74) is 1.46. The third-order valence-electron chi connectivity index (χ3n) is 3.25. The molecule has 0 aliphatic rings. The van der Waals surface area contributed by atoms with E-state index in [0.29, 0.717) is 5.69 Å². The van der Waals surface area contributed by atoms with E-state index in [9.17, 15) is 9.59 Å². The van der Waals surface area contributed by atoms with Crippen LogP contribution < -0.4 is 10.6 Å². The maximum Gasteiger partial charge on any atom is 0.339 e. The van der Waals surface area contributed by atoms with Crippen molar-refractivity contribution in [2.75, 3.05) is 19.5 Å². The van der Waals surface area contributed by atoms with E-state index in [1.807, 2.05) is 0 Å². The Labute approximate surface area is 150 Å². The van der Waals surface area contributed by atoms with E-state index in [2.05, 4.69) is 20.5 Å². The maximum atomic E-state index is 12.4. The van der Waals surface area contributed by atoms with Gasteiger partial charge in [0.05, 0.1) is 23.9 Å². The number of likely N-dealkylation sites (N-methyl/N-ethyl adjacent to an activating group) is 1. The number of aromatic nitrogens is 2. The van der Waals surface area contributed by atoms with Crippen LogP contribution in [0.25, 0.3) is 0 Å². The van der Waals surface area contributed by atoms with Crippen molar-refractivity contribution >= 4 is 41.6 Å². The number of benzene rings is 1. The molecule has 1 atom stereocenters. The van der Waals surface area contributed by atoms with Gasteiger partial charge in [0.25, 0.3) is 0 Å². The Hall–Kier alpha value is -2.09. The average Bonchev–Trinajstić information content (AvgIpc) is 2.93. The van der Waals surface area contributed by atoms with Crippen LogP contribution in [0.15, 0.2) is 30.6 Å². The Morgan fingerprint density at radius 3 is 2.58 bits per heavy atom. The summed E-state index contributed by atoms with van der Waals surface area (Å²) in [6.07, 6.45) is 3.38. The molecule has 1 aromatic carbocycles. The van der Waals surface area contributed by atoms with Gasteiger partial charge in [0.2, 0.25) is 5.91 Å². The molecule has 2 rings (SSSR count). The summed E-state index contributed by atoms with van der Waals surface area (Å²) in [5, 5.41) is 9.94. The number of halogens is 2. The van der Waals surface area contributed by atoms with Crippen LogP contribution in [0.1, 0.15) is 22.0 Å². The van der Waals surface area contributed by atoms with Crippen LogP contribution in [0.5, 0.6) is 0 Å². The molecule has 0 radical (unpaired) electrons. The number of hydrogen-bond donors (Lipinski definition) is 2. The van der Waals surface area contributed by atoms with Gasteiger partial charge >= 0.3 is 5.97 Å². The highest BCUT2D eigenvalue weighted by Crippen LogP contribution is 2.23.